The van der Waals surface area contributed by atoms with Gasteiger partial charge in [-0.2, -0.15) is 0 Å². The molecule has 1 fully saturated rings. The van der Waals surface area contributed by atoms with E-state index in [1.54, 1.807) is 48.5 Å². The van der Waals surface area contributed by atoms with Crippen LogP contribution in [0.25, 0.3) is 5.57 Å². The summed E-state index contributed by atoms with van der Waals surface area (Å²) in [7, 11) is 0. The molecule has 2 heterocycles. The van der Waals surface area contributed by atoms with Gasteiger partial charge in [-0.05, 0) is 18.2 Å². The summed E-state index contributed by atoms with van der Waals surface area (Å²) in [6.45, 7) is 1.01. The first-order chi connectivity index (χ1) is 14.4. The maximum atomic E-state index is 13.0. The molecule has 0 aliphatic carbocycles. The van der Waals surface area contributed by atoms with Crippen molar-refractivity contribution in [3.63, 3.8) is 0 Å². The van der Waals surface area contributed by atoms with Gasteiger partial charge in [-0.1, -0.05) is 60.4 Å². The summed E-state index contributed by atoms with van der Waals surface area (Å²) in [5.74, 6) is -1.96. The van der Waals surface area contributed by atoms with Crippen molar-refractivity contribution in [3.05, 3.63) is 65.1 Å². The highest BCUT2D eigenvalue weighted by Gasteiger charge is 2.43. The average molecular weight is 438 g/mol. The first-order valence-corrected chi connectivity index (χ1v) is 10.2. The van der Waals surface area contributed by atoms with Crippen LogP contribution in [0.3, 0.4) is 0 Å². The lowest BCUT2D eigenvalue weighted by Crippen LogP contribution is -2.36. The minimum absolute atomic E-state index is 0.119. The smallest absolute Gasteiger partial charge is 0.267 e. The highest BCUT2D eigenvalue weighted by Crippen LogP contribution is 2.44. The molecule has 0 atom stereocenters. The monoisotopic (exact) mass is 437 g/mol. The van der Waals surface area contributed by atoms with Crippen LogP contribution in [0.15, 0.2) is 59.5 Å². The number of benzene rings is 2. The molecule has 0 unspecified atom stereocenters. The molecular weight excluding hydrogens is 422 g/mol. The summed E-state index contributed by atoms with van der Waals surface area (Å²) < 4.78 is 0.178. The van der Waals surface area contributed by atoms with Crippen LogP contribution < -0.4 is 10.2 Å². The van der Waals surface area contributed by atoms with Gasteiger partial charge in [0.05, 0.1) is 16.2 Å². The number of hydrogen-bond donors (Lipinski definition) is 1. The summed E-state index contributed by atoms with van der Waals surface area (Å²) in [5.41, 5.74) is 1.65. The Balaban J connectivity index is 1.64. The summed E-state index contributed by atoms with van der Waals surface area (Å²) >= 11 is 6.25. The number of amides is 4. The Morgan fingerprint density at radius 3 is 2.37 bits per heavy atom. The van der Waals surface area contributed by atoms with E-state index in [1.165, 1.54) is 6.92 Å². The molecule has 0 saturated carbocycles. The second-order valence-electron chi connectivity index (χ2n) is 6.55. The summed E-state index contributed by atoms with van der Waals surface area (Å²) in [6, 6.07) is 15.6. The molecule has 7 nitrogen and oxygen atoms in total. The fourth-order valence-electron chi connectivity index (χ4n) is 3.30. The van der Waals surface area contributed by atoms with Crippen LogP contribution in [0.4, 0.5) is 11.4 Å². The van der Waals surface area contributed by atoms with Crippen LogP contribution in [0, 0.1) is 0 Å². The number of rotatable bonds is 3. The summed E-state index contributed by atoms with van der Waals surface area (Å²) in [5, 5.41) is 2.70. The predicted molar refractivity (Wildman–Crippen MR) is 119 cm³/mol. The zero-order valence-electron chi connectivity index (χ0n) is 15.7. The van der Waals surface area contributed by atoms with Crippen molar-refractivity contribution < 1.29 is 19.2 Å². The number of nitrogens with zero attached hydrogens (tertiary/aromatic N) is 2. The van der Waals surface area contributed by atoms with Gasteiger partial charge in [0.1, 0.15) is 10.9 Å². The van der Waals surface area contributed by atoms with Gasteiger partial charge in [0.25, 0.3) is 11.8 Å². The van der Waals surface area contributed by atoms with E-state index in [2.05, 4.69) is 5.32 Å². The van der Waals surface area contributed by atoms with Gasteiger partial charge >= 0.3 is 0 Å². The van der Waals surface area contributed by atoms with Gasteiger partial charge in [0.2, 0.25) is 11.8 Å². The number of para-hydroxylation sites is 2. The van der Waals surface area contributed by atoms with Gasteiger partial charge in [-0.15, -0.1) is 0 Å². The quantitative estimate of drug-likeness (QED) is 0.587. The van der Waals surface area contributed by atoms with Crippen LogP contribution in [0.5, 0.6) is 0 Å². The third kappa shape index (κ3) is 3.42. The van der Waals surface area contributed by atoms with Gasteiger partial charge in [-0.3, -0.25) is 24.1 Å². The number of hydrogen-bond acceptors (Lipinski definition) is 6. The second kappa shape index (κ2) is 7.85. The number of thioether (sulfide) groups is 1. The van der Waals surface area contributed by atoms with Crippen LogP contribution >= 0.6 is 24.0 Å². The zero-order chi connectivity index (χ0) is 21.4. The van der Waals surface area contributed by atoms with Gasteiger partial charge < -0.3 is 5.32 Å². The lowest BCUT2D eigenvalue weighted by molar-refractivity contribution is -0.126. The Hall–Kier alpha value is -3.30. The topological polar surface area (TPSA) is 86.8 Å². The number of anilines is 2. The molecule has 0 spiro atoms. The third-order valence-electron chi connectivity index (χ3n) is 4.58. The van der Waals surface area contributed by atoms with Gasteiger partial charge in [0.15, 0.2) is 0 Å². The molecule has 0 aromatic heterocycles. The average Bonchev–Trinajstić information content (AvgIpc) is 3.16. The van der Waals surface area contributed by atoms with Crippen molar-refractivity contribution in [1.82, 2.24) is 4.90 Å². The molecule has 4 rings (SSSR count). The number of carbonyl (C=O) groups is 4. The van der Waals surface area contributed by atoms with E-state index in [9.17, 15) is 19.2 Å². The molecule has 2 aromatic carbocycles. The van der Waals surface area contributed by atoms with Crippen molar-refractivity contribution >= 4 is 68.9 Å². The molecule has 9 heteroatoms. The number of imide groups is 1. The van der Waals surface area contributed by atoms with E-state index in [1.807, 2.05) is 6.07 Å². The minimum Gasteiger partial charge on any atom is -0.325 e. The predicted octanol–water partition coefficient (Wildman–Crippen LogP) is 2.79. The molecule has 150 valence electrons. The van der Waals surface area contributed by atoms with Crippen LogP contribution in [-0.4, -0.2) is 39.4 Å². The minimum atomic E-state index is -0.571. The van der Waals surface area contributed by atoms with Crippen LogP contribution in [-0.2, 0) is 19.2 Å². The third-order valence-corrected chi connectivity index (χ3v) is 6.03. The second-order valence-corrected chi connectivity index (χ2v) is 8.20. The van der Waals surface area contributed by atoms with Gasteiger partial charge in [0, 0.05) is 18.2 Å². The lowest BCUT2D eigenvalue weighted by atomic mass is 10.1. The number of thiocarbonyl (C=S) groups is 1. The maximum absolute atomic E-state index is 13.0. The molecule has 0 radical (unpaired) electrons. The molecule has 2 aromatic rings. The molecule has 30 heavy (non-hydrogen) atoms. The molecule has 4 amide bonds. The Morgan fingerprint density at radius 1 is 1.00 bits per heavy atom. The van der Waals surface area contributed by atoms with E-state index >= 15 is 0 Å². The molecule has 1 saturated heterocycles. The maximum Gasteiger partial charge on any atom is 0.267 e. The SMILES string of the molecule is CC(=O)N1C(=O)C(=C2SC(=S)N(CC(=O)Nc3ccccc3)C2=O)c2ccccc21. The Labute approximate surface area is 181 Å². The molecule has 1 N–H and O–H groups in total. The van der Waals surface area contributed by atoms with Crippen molar-refractivity contribution in [2.45, 2.75) is 6.92 Å². The Kier molecular flexibility index (Phi) is 5.23. The molecule has 0 bridgehead atoms. The normalized spacial score (nSPS) is 18.1. The van der Waals surface area contributed by atoms with E-state index < -0.39 is 23.6 Å². The molecule has 2 aliphatic rings. The number of fused-ring (bicyclic) bond motifs is 1. The Morgan fingerprint density at radius 2 is 1.67 bits per heavy atom. The Bertz CT molecular complexity index is 1140. The molecule has 2 aliphatic heterocycles. The largest absolute Gasteiger partial charge is 0.325 e. The first kappa shape index (κ1) is 20.0. The van der Waals surface area contributed by atoms with E-state index in [0.29, 0.717) is 16.9 Å². The standard InChI is InChI=1S/C21H15N3O4S2/c1-12(25)24-15-10-6-5-9-14(15)17(19(24)27)18-20(28)23(21(29)30-18)11-16(26)22-13-7-3-2-4-8-13/h2-10H,11H2,1H3,(H,22,26). The number of carbonyl (C=O) groups excluding carboxylic acids is 4. The first-order valence-electron chi connectivity index (χ1n) is 8.95. The highest BCUT2D eigenvalue weighted by atomic mass is 32.2. The summed E-state index contributed by atoms with van der Waals surface area (Å²) in [4.78, 5) is 52.7. The van der Waals surface area contributed by atoms with Crippen LogP contribution in [0.1, 0.15) is 12.5 Å². The number of nitrogens with one attached hydrogen (secondary N) is 1. The van der Waals surface area contributed by atoms with Gasteiger partial charge in [-0.25, -0.2) is 4.90 Å². The van der Waals surface area contributed by atoms with Crippen molar-refractivity contribution in [2.75, 3.05) is 16.8 Å². The van der Waals surface area contributed by atoms with Crippen molar-refractivity contribution in [3.8, 4) is 0 Å². The fraction of sp³-hybridized carbons (Fsp3) is 0.0952. The zero-order valence-corrected chi connectivity index (χ0v) is 17.4. The van der Waals surface area contributed by atoms with E-state index in [4.69, 9.17) is 12.2 Å². The van der Waals surface area contributed by atoms with E-state index in [0.717, 1.165) is 21.6 Å². The van der Waals surface area contributed by atoms with Crippen molar-refractivity contribution in [1.29, 1.82) is 0 Å². The van der Waals surface area contributed by atoms with Crippen LogP contribution in [0.2, 0.25) is 0 Å². The lowest BCUT2D eigenvalue weighted by Gasteiger charge is -2.14. The van der Waals surface area contributed by atoms with Crippen molar-refractivity contribution in [2.24, 2.45) is 0 Å². The fourth-order valence-corrected chi connectivity index (χ4v) is 4.63. The highest BCUT2D eigenvalue weighted by molar-refractivity contribution is 8.26. The summed E-state index contributed by atoms with van der Waals surface area (Å²) in [6.07, 6.45) is 0. The van der Waals surface area contributed by atoms with E-state index in [-0.39, 0.29) is 21.3 Å². The molecular formula is C21H15N3O4S2.